The number of nitrogens with zero attached hydrogens (tertiary/aromatic N) is 1. The third kappa shape index (κ3) is 2.99. The summed E-state index contributed by atoms with van der Waals surface area (Å²) in [4.78, 5) is 0. The molecule has 96 valence electrons. The van der Waals surface area contributed by atoms with Crippen molar-refractivity contribution in [3.05, 3.63) is 29.6 Å². The second kappa shape index (κ2) is 4.95. The molecule has 1 fully saturated rings. The number of hydrogen-bond donors (Lipinski definition) is 1. The van der Waals surface area contributed by atoms with Crippen LogP contribution in [0.3, 0.4) is 0 Å². The summed E-state index contributed by atoms with van der Waals surface area (Å²) in [6.07, 6.45) is 2.19. The van der Waals surface area contributed by atoms with Crippen LogP contribution in [0.4, 0.5) is 4.39 Å². The number of aryl methyl sites for hydroxylation is 1. The van der Waals surface area contributed by atoms with E-state index in [-0.39, 0.29) is 18.2 Å². The molecule has 0 bridgehead atoms. The standard InChI is InChI=1S/C14H17FN2O/c1-10-4-3-5-12(13(10)15)18-9-14(2,8-16)17-11-6-7-11/h3-5,11,17H,6-7,9H2,1-2H3. The van der Waals surface area contributed by atoms with Gasteiger partial charge >= 0.3 is 0 Å². The summed E-state index contributed by atoms with van der Waals surface area (Å²) < 4.78 is 19.2. The van der Waals surface area contributed by atoms with Gasteiger partial charge in [-0.05, 0) is 38.3 Å². The van der Waals surface area contributed by atoms with Crippen molar-refractivity contribution in [1.82, 2.24) is 5.32 Å². The Hall–Kier alpha value is -1.60. The molecule has 1 aromatic rings. The Bertz CT molecular complexity index is 479. The van der Waals surface area contributed by atoms with Crippen LogP contribution in [0.1, 0.15) is 25.3 Å². The molecule has 1 N–H and O–H groups in total. The van der Waals surface area contributed by atoms with Gasteiger partial charge in [0.2, 0.25) is 0 Å². The number of ether oxygens (including phenoxy) is 1. The Morgan fingerprint density at radius 3 is 2.89 bits per heavy atom. The highest BCUT2D eigenvalue weighted by molar-refractivity contribution is 5.30. The van der Waals surface area contributed by atoms with Crippen molar-refractivity contribution in [2.45, 2.75) is 38.3 Å². The molecule has 1 aliphatic rings. The summed E-state index contributed by atoms with van der Waals surface area (Å²) in [6, 6.07) is 7.61. The molecule has 0 amide bonds. The van der Waals surface area contributed by atoms with Gasteiger partial charge in [-0.3, -0.25) is 5.32 Å². The van der Waals surface area contributed by atoms with E-state index in [1.165, 1.54) is 0 Å². The van der Waals surface area contributed by atoms with Gasteiger partial charge in [0, 0.05) is 6.04 Å². The maximum absolute atomic E-state index is 13.7. The molecule has 3 nitrogen and oxygen atoms in total. The van der Waals surface area contributed by atoms with Crippen molar-refractivity contribution in [1.29, 1.82) is 5.26 Å². The quantitative estimate of drug-likeness (QED) is 0.871. The highest BCUT2D eigenvalue weighted by Gasteiger charge is 2.33. The van der Waals surface area contributed by atoms with Crippen molar-refractivity contribution in [2.24, 2.45) is 0 Å². The average molecular weight is 248 g/mol. The third-order valence-electron chi connectivity index (χ3n) is 3.02. The SMILES string of the molecule is Cc1cccc(OCC(C)(C#N)NC2CC2)c1F. The predicted octanol–water partition coefficient (Wildman–Crippen LogP) is 2.55. The van der Waals surface area contributed by atoms with Gasteiger partial charge in [0.05, 0.1) is 6.07 Å². The van der Waals surface area contributed by atoms with Gasteiger partial charge in [-0.25, -0.2) is 4.39 Å². The molecule has 2 rings (SSSR count). The molecule has 1 aliphatic carbocycles. The molecule has 0 saturated heterocycles. The number of benzene rings is 1. The lowest BCUT2D eigenvalue weighted by Gasteiger charge is -2.23. The maximum atomic E-state index is 13.7. The first kappa shape index (κ1) is 12.8. The summed E-state index contributed by atoms with van der Waals surface area (Å²) in [5.41, 5.74) is -0.224. The van der Waals surface area contributed by atoms with Crippen LogP contribution in [0, 0.1) is 24.1 Å². The fourth-order valence-corrected chi connectivity index (χ4v) is 1.74. The Balaban J connectivity index is 2.01. The zero-order valence-corrected chi connectivity index (χ0v) is 10.7. The zero-order valence-electron chi connectivity index (χ0n) is 10.7. The molecule has 0 aliphatic heterocycles. The molecule has 1 unspecified atom stereocenters. The largest absolute Gasteiger partial charge is 0.487 e. The highest BCUT2D eigenvalue weighted by Crippen LogP contribution is 2.24. The van der Waals surface area contributed by atoms with Crippen LogP contribution in [0.15, 0.2) is 18.2 Å². The van der Waals surface area contributed by atoms with Crippen molar-refractivity contribution in [3.63, 3.8) is 0 Å². The van der Waals surface area contributed by atoms with E-state index < -0.39 is 5.54 Å². The highest BCUT2D eigenvalue weighted by atomic mass is 19.1. The zero-order chi connectivity index (χ0) is 13.2. The van der Waals surface area contributed by atoms with Gasteiger partial charge in [0.1, 0.15) is 12.1 Å². The van der Waals surface area contributed by atoms with Crippen LogP contribution in [0.2, 0.25) is 0 Å². The van der Waals surface area contributed by atoms with Crippen molar-refractivity contribution in [2.75, 3.05) is 6.61 Å². The summed E-state index contributed by atoms with van der Waals surface area (Å²) in [6.45, 7) is 3.60. The minimum Gasteiger partial charge on any atom is -0.487 e. The Labute approximate surface area is 107 Å². The molecule has 4 heteroatoms. The maximum Gasteiger partial charge on any atom is 0.167 e. The first-order valence-corrected chi connectivity index (χ1v) is 6.11. The van der Waals surface area contributed by atoms with Gasteiger partial charge in [-0.2, -0.15) is 5.26 Å². The first-order valence-electron chi connectivity index (χ1n) is 6.11. The molecule has 0 aromatic heterocycles. The van der Waals surface area contributed by atoms with Crippen molar-refractivity contribution < 1.29 is 9.13 Å². The third-order valence-corrected chi connectivity index (χ3v) is 3.02. The van der Waals surface area contributed by atoms with Gasteiger partial charge in [0.25, 0.3) is 0 Å². The lowest BCUT2D eigenvalue weighted by Crippen LogP contribution is -2.47. The molecule has 1 aromatic carbocycles. The minimum atomic E-state index is -0.767. The number of hydrogen-bond acceptors (Lipinski definition) is 3. The first-order chi connectivity index (χ1) is 8.54. The lowest BCUT2D eigenvalue weighted by atomic mass is 10.1. The summed E-state index contributed by atoms with van der Waals surface area (Å²) >= 11 is 0. The number of nitrogens with one attached hydrogen (secondary N) is 1. The molecule has 0 heterocycles. The molecule has 18 heavy (non-hydrogen) atoms. The van der Waals surface area contributed by atoms with Crippen molar-refractivity contribution in [3.8, 4) is 11.8 Å². The van der Waals surface area contributed by atoms with E-state index in [4.69, 9.17) is 4.74 Å². The Morgan fingerprint density at radius 1 is 1.56 bits per heavy atom. The van der Waals surface area contributed by atoms with E-state index >= 15 is 0 Å². The normalized spacial score (nSPS) is 17.9. The van der Waals surface area contributed by atoms with Crippen LogP contribution in [0.25, 0.3) is 0 Å². The average Bonchev–Trinajstić information content (AvgIpc) is 3.15. The van der Waals surface area contributed by atoms with E-state index in [9.17, 15) is 9.65 Å². The van der Waals surface area contributed by atoms with Gasteiger partial charge in [0.15, 0.2) is 11.6 Å². The predicted molar refractivity (Wildman–Crippen MR) is 66.8 cm³/mol. The lowest BCUT2D eigenvalue weighted by molar-refractivity contribution is 0.224. The number of nitriles is 1. The smallest absolute Gasteiger partial charge is 0.167 e. The van der Waals surface area contributed by atoms with Crippen LogP contribution < -0.4 is 10.1 Å². The van der Waals surface area contributed by atoms with Crippen LogP contribution in [0.5, 0.6) is 5.75 Å². The van der Waals surface area contributed by atoms with E-state index in [2.05, 4.69) is 11.4 Å². The number of halogens is 1. The van der Waals surface area contributed by atoms with Crippen LogP contribution >= 0.6 is 0 Å². The summed E-state index contributed by atoms with van der Waals surface area (Å²) in [5.74, 6) is -0.154. The van der Waals surface area contributed by atoms with Crippen LogP contribution in [-0.4, -0.2) is 18.2 Å². The van der Waals surface area contributed by atoms with Crippen molar-refractivity contribution >= 4 is 0 Å². The summed E-state index contributed by atoms with van der Waals surface area (Å²) in [5, 5.41) is 12.4. The van der Waals surface area contributed by atoms with Gasteiger partial charge in [-0.15, -0.1) is 0 Å². The molecule has 1 atom stereocenters. The molecular weight excluding hydrogens is 231 g/mol. The minimum absolute atomic E-state index is 0.139. The molecule has 1 saturated carbocycles. The van der Waals surface area contributed by atoms with Gasteiger partial charge < -0.3 is 4.74 Å². The molecule has 0 radical (unpaired) electrons. The summed E-state index contributed by atoms with van der Waals surface area (Å²) in [7, 11) is 0. The Kier molecular flexibility index (Phi) is 3.53. The van der Waals surface area contributed by atoms with Crippen LogP contribution in [-0.2, 0) is 0 Å². The van der Waals surface area contributed by atoms with E-state index in [1.54, 1.807) is 32.0 Å². The number of rotatable bonds is 5. The fourth-order valence-electron chi connectivity index (χ4n) is 1.74. The van der Waals surface area contributed by atoms with Gasteiger partial charge in [-0.1, -0.05) is 12.1 Å². The second-order valence-corrected chi connectivity index (χ2v) is 5.04. The Morgan fingerprint density at radius 2 is 2.28 bits per heavy atom. The molecular formula is C14H17FN2O. The monoisotopic (exact) mass is 248 g/mol. The second-order valence-electron chi connectivity index (χ2n) is 5.04. The fraction of sp³-hybridized carbons (Fsp3) is 0.500. The van der Waals surface area contributed by atoms with E-state index in [1.807, 2.05) is 0 Å². The molecule has 0 spiro atoms. The van der Waals surface area contributed by atoms with E-state index in [0.717, 1.165) is 12.8 Å². The van der Waals surface area contributed by atoms with E-state index in [0.29, 0.717) is 11.6 Å². The topological polar surface area (TPSA) is 45.0 Å².